The molecule has 0 fully saturated rings. The van der Waals surface area contributed by atoms with Gasteiger partial charge in [0.1, 0.15) is 17.1 Å². The fraction of sp³-hybridized carbons (Fsp3) is 0.273. The number of hydrogen-bond acceptors (Lipinski definition) is 4. The Labute approximate surface area is 177 Å². The van der Waals surface area contributed by atoms with E-state index in [-0.39, 0.29) is 24.3 Å². The molecule has 4 rings (SSSR count). The van der Waals surface area contributed by atoms with Crippen LogP contribution >= 0.6 is 0 Å². The zero-order chi connectivity index (χ0) is 22.0. The van der Waals surface area contributed by atoms with Crippen molar-refractivity contribution in [3.8, 4) is 5.75 Å². The van der Waals surface area contributed by atoms with Crippen LogP contribution < -0.4 is 15.4 Å². The molecule has 2 atom stereocenters. The lowest BCUT2D eigenvalue weighted by Gasteiger charge is -2.34. The molecule has 0 unspecified atom stereocenters. The zero-order valence-electron chi connectivity index (χ0n) is 16.7. The van der Waals surface area contributed by atoms with E-state index in [9.17, 15) is 18.0 Å². The minimum Gasteiger partial charge on any atom is -0.497 e. The third-order valence-electron chi connectivity index (χ3n) is 5.30. The molecular formula is C22H21F3N4O2. The summed E-state index contributed by atoms with van der Waals surface area (Å²) in [6.45, 7) is 0.259. The first-order chi connectivity index (χ1) is 14.9. The van der Waals surface area contributed by atoms with Gasteiger partial charge >= 0.3 is 6.18 Å². The maximum Gasteiger partial charge on any atom is 0.410 e. The Morgan fingerprint density at radius 3 is 2.55 bits per heavy atom. The lowest BCUT2D eigenvalue weighted by atomic mass is 9.96. The lowest BCUT2D eigenvalue weighted by molar-refractivity contribution is -0.173. The normalized spacial score (nSPS) is 18.1. The SMILES string of the molecule is COc1ccc([C@H]2C[C@@H](C(F)(F)F)n3ncc(C(=O)NCc4ccccc4)c3N2)cc1. The third-order valence-corrected chi connectivity index (χ3v) is 5.30. The maximum absolute atomic E-state index is 13.8. The molecule has 1 amide bonds. The molecule has 2 heterocycles. The van der Waals surface area contributed by atoms with Gasteiger partial charge in [-0.15, -0.1) is 0 Å². The van der Waals surface area contributed by atoms with Gasteiger partial charge in [0.05, 0.1) is 19.3 Å². The molecule has 31 heavy (non-hydrogen) atoms. The minimum atomic E-state index is -4.51. The summed E-state index contributed by atoms with van der Waals surface area (Å²) < 4.78 is 47.4. The van der Waals surface area contributed by atoms with Gasteiger partial charge in [0.2, 0.25) is 0 Å². The number of fused-ring (bicyclic) bond motifs is 1. The second-order valence-electron chi connectivity index (χ2n) is 7.28. The number of nitrogens with one attached hydrogen (secondary N) is 2. The second kappa shape index (κ2) is 8.33. The van der Waals surface area contributed by atoms with Crippen molar-refractivity contribution in [1.29, 1.82) is 0 Å². The van der Waals surface area contributed by atoms with Crippen molar-refractivity contribution in [3.63, 3.8) is 0 Å². The van der Waals surface area contributed by atoms with Gasteiger partial charge in [-0.2, -0.15) is 18.3 Å². The largest absolute Gasteiger partial charge is 0.497 e. The van der Waals surface area contributed by atoms with Gasteiger partial charge in [-0.05, 0) is 23.3 Å². The van der Waals surface area contributed by atoms with Gasteiger partial charge in [-0.1, -0.05) is 42.5 Å². The summed E-state index contributed by atoms with van der Waals surface area (Å²) >= 11 is 0. The number of ether oxygens (including phenoxy) is 1. The molecule has 2 aromatic carbocycles. The van der Waals surface area contributed by atoms with Crippen LogP contribution in [0.5, 0.6) is 5.75 Å². The van der Waals surface area contributed by atoms with Crippen LogP contribution in [0.2, 0.25) is 0 Å². The summed E-state index contributed by atoms with van der Waals surface area (Å²) in [5.74, 6) is 0.173. The molecule has 0 radical (unpaired) electrons. The number of rotatable bonds is 5. The molecular weight excluding hydrogens is 409 g/mol. The van der Waals surface area contributed by atoms with E-state index in [1.165, 1.54) is 13.3 Å². The highest BCUT2D eigenvalue weighted by Gasteiger charge is 2.47. The third kappa shape index (κ3) is 4.35. The Balaban J connectivity index is 1.61. The molecule has 2 N–H and O–H groups in total. The van der Waals surface area contributed by atoms with Gasteiger partial charge in [-0.3, -0.25) is 4.79 Å². The number of methoxy groups -OCH3 is 1. The Kier molecular flexibility index (Phi) is 5.58. The first kappa shape index (κ1) is 20.8. The highest BCUT2D eigenvalue weighted by Crippen LogP contribution is 2.44. The second-order valence-corrected chi connectivity index (χ2v) is 7.28. The van der Waals surface area contributed by atoms with Crippen LogP contribution in [0.15, 0.2) is 60.8 Å². The van der Waals surface area contributed by atoms with Crippen LogP contribution in [0, 0.1) is 0 Å². The molecule has 1 aliphatic rings. The van der Waals surface area contributed by atoms with Crippen LogP contribution in [0.4, 0.5) is 19.0 Å². The van der Waals surface area contributed by atoms with E-state index in [1.54, 1.807) is 24.3 Å². The maximum atomic E-state index is 13.8. The Morgan fingerprint density at radius 2 is 1.90 bits per heavy atom. The Hall–Kier alpha value is -3.49. The number of nitrogens with zero attached hydrogens (tertiary/aromatic N) is 2. The summed E-state index contributed by atoms with van der Waals surface area (Å²) in [7, 11) is 1.52. The lowest BCUT2D eigenvalue weighted by Crippen LogP contribution is -2.36. The molecule has 6 nitrogen and oxygen atoms in total. The number of anilines is 1. The summed E-state index contributed by atoms with van der Waals surface area (Å²) in [4.78, 5) is 12.7. The number of carbonyl (C=O) groups excluding carboxylic acids is 1. The summed E-state index contributed by atoms with van der Waals surface area (Å²) in [6.07, 6.45) is -3.57. The van der Waals surface area contributed by atoms with Gasteiger partial charge < -0.3 is 15.4 Å². The molecule has 0 aliphatic carbocycles. The number of alkyl halides is 3. The van der Waals surface area contributed by atoms with Crippen molar-refractivity contribution in [3.05, 3.63) is 77.5 Å². The summed E-state index contributed by atoms with van der Waals surface area (Å²) in [5.41, 5.74) is 1.62. The van der Waals surface area contributed by atoms with Crippen LogP contribution in [0.25, 0.3) is 0 Å². The van der Waals surface area contributed by atoms with E-state index in [0.29, 0.717) is 11.3 Å². The van der Waals surface area contributed by atoms with E-state index in [1.807, 2.05) is 30.3 Å². The fourth-order valence-electron chi connectivity index (χ4n) is 3.66. The molecule has 1 aliphatic heterocycles. The number of hydrogen-bond donors (Lipinski definition) is 2. The van der Waals surface area contributed by atoms with E-state index in [2.05, 4.69) is 15.7 Å². The topological polar surface area (TPSA) is 68.2 Å². The fourth-order valence-corrected chi connectivity index (χ4v) is 3.66. The number of aromatic nitrogens is 2. The monoisotopic (exact) mass is 430 g/mol. The van der Waals surface area contributed by atoms with Gasteiger partial charge in [-0.25, -0.2) is 4.68 Å². The number of amides is 1. The van der Waals surface area contributed by atoms with Crippen LogP contribution in [0.1, 0.15) is 40.0 Å². The number of benzene rings is 2. The molecule has 0 saturated heterocycles. The average Bonchev–Trinajstić information content (AvgIpc) is 3.21. The molecule has 0 saturated carbocycles. The molecule has 0 spiro atoms. The van der Waals surface area contributed by atoms with Crippen molar-refractivity contribution in [2.45, 2.75) is 31.2 Å². The first-order valence-corrected chi connectivity index (χ1v) is 9.73. The van der Waals surface area contributed by atoms with Crippen molar-refractivity contribution >= 4 is 11.7 Å². The van der Waals surface area contributed by atoms with E-state index >= 15 is 0 Å². The standard InChI is InChI=1S/C22H21F3N4O2/c1-31-16-9-7-15(8-10-16)18-11-19(22(23,24)25)29-20(28-18)17(13-27-29)21(30)26-12-14-5-3-2-4-6-14/h2-10,13,18-19,28H,11-12H2,1H3,(H,26,30)/t18-,19+/m1/s1. The number of halogens is 3. The molecule has 1 aromatic heterocycles. The van der Waals surface area contributed by atoms with Gasteiger partial charge in [0, 0.05) is 13.0 Å². The zero-order valence-corrected chi connectivity index (χ0v) is 16.7. The van der Waals surface area contributed by atoms with Crippen LogP contribution in [-0.4, -0.2) is 29.0 Å². The van der Waals surface area contributed by atoms with E-state index < -0.39 is 24.2 Å². The average molecular weight is 430 g/mol. The van der Waals surface area contributed by atoms with Crippen molar-refractivity contribution in [2.24, 2.45) is 0 Å². The number of carbonyl (C=O) groups is 1. The van der Waals surface area contributed by atoms with Crippen molar-refractivity contribution in [1.82, 2.24) is 15.1 Å². The minimum absolute atomic E-state index is 0.0555. The van der Waals surface area contributed by atoms with E-state index in [0.717, 1.165) is 10.2 Å². The van der Waals surface area contributed by atoms with Gasteiger partial charge in [0.15, 0.2) is 6.04 Å². The van der Waals surface area contributed by atoms with Crippen LogP contribution in [-0.2, 0) is 6.54 Å². The molecule has 9 heteroatoms. The van der Waals surface area contributed by atoms with Gasteiger partial charge in [0.25, 0.3) is 5.91 Å². The van der Waals surface area contributed by atoms with Crippen LogP contribution in [0.3, 0.4) is 0 Å². The van der Waals surface area contributed by atoms with Crippen molar-refractivity contribution in [2.75, 3.05) is 12.4 Å². The van der Waals surface area contributed by atoms with Crippen molar-refractivity contribution < 1.29 is 22.7 Å². The molecule has 0 bridgehead atoms. The Bertz CT molecular complexity index is 1050. The Morgan fingerprint density at radius 1 is 1.19 bits per heavy atom. The quantitative estimate of drug-likeness (QED) is 0.626. The smallest absolute Gasteiger partial charge is 0.410 e. The molecule has 162 valence electrons. The highest BCUT2D eigenvalue weighted by molar-refractivity contribution is 5.98. The highest BCUT2D eigenvalue weighted by atomic mass is 19.4. The predicted molar refractivity (Wildman–Crippen MR) is 109 cm³/mol. The summed E-state index contributed by atoms with van der Waals surface area (Å²) in [6, 6.07) is 13.6. The molecule has 3 aromatic rings. The predicted octanol–water partition coefficient (Wildman–Crippen LogP) is 4.48. The summed E-state index contributed by atoms with van der Waals surface area (Å²) in [5, 5.41) is 9.71. The van der Waals surface area contributed by atoms with E-state index in [4.69, 9.17) is 4.74 Å². The first-order valence-electron chi connectivity index (χ1n) is 9.73.